The van der Waals surface area contributed by atoms with Crippen molar-refractivity contribution < 1.29 is 26.7 Å². The fourth-order valence-corrected chi connectivity index (χ4v) is 2.66. The van der Waals surface area contributed by atoms with Crippen LogP contribution in [0, 0.1) is 0 Å². The molecule has 134 valence electrons. The van der Waals surface area contributed by atoms with Crippen molar-refractivity contribution in [2.24, 2.45) is 0 Å². The first-order valence-corrected chi connectivity index (χ1v) is 7.94. The first kappa shape index (κ1) is 19.2. The number of carbonyl (C=O) groups excluding carboxylic acids is 1. The van der Waals surface area contributed by atoms with E-state index in [0.29, 0.717) is 0 Å². The van der Waals surface area contributed by atoms with E-state index < -0.39 is 29.4 Å². The van der Waals surface area contributed by atoms with Crippen LogP contribution in [0.25, 0.3) is 0 Å². The van der Waals surface area contributed by atoms with Crippen molar-refractivity contribution in [3.63, 3.8) is 0 Å². The number of alkyl halides is 5. The summed E-state index contributed by atoms with van der Waals surface area (Å²) in [7, 11) is 0. The molecule has 1 amide bonds. The van der Waals surface area contributed by atoms with Crippen LogP contribution in [0.2, 0.25) is 0 Å². The zero-order chi connectivity index (χ0) is 18.6. The molecule has 0 spiro atoms. The van der Waals surface area contributed by atoms with Crippen molar-refractivity contribution in [1.82, 2.24) is 10.3 Å². The molecule has 0 radical (unpaired) electrons. The van der Waals surface area contributed by atoms with Crippen LogP contribution in [0.5, 0.6) is 0 Å². The maximum atomic E-state index is 12.8. The predicted molar refractivity (Wildman–Crippen MR) is 83.4 cm³/mol. The Kier molecular flexibility index (Phi) is 5.99. The van der Waals surface area contributed by atoms with Crippen LogP contribution in [0.4, 0.5) is 22.0 Å². The third-order valence-corrected chi connectivity index (χ3v) is 4.00. The quantitative estimate of drug-likeness (QED) is 0.596. The van der Waals surface area contributed by atoms with Gasteiger partial charge in [-0.15, -0.1) is 0 Å². The lowest BCUT2D eigenvalue weighted by Gasteiger charge is -2.17. The van der Waals surface area contributed by atoms with Gasteiger partial charge in [0.2, 0.25) is 0 Å². The molecular formula is C16H13F5N2OS. The second-order valence-electron chi connectivity index (χ2n) is 5.05. The standard InChI is InChI=1S/C16H13F5N2OS/c1-9(10-4-2-5-11(8-10)16(19,20)21)23-13(24)12-6-3-7-22-14(12)25-15(17)18/h2-9,15H,1H3,(H,23,24). The van der Waals surface area contributed by atoms with Gasteiger partial charge >= 0.3 is 6.18 Å². The van der Waals surface area contributed by atoms with Crippen LogP contribution in [0.3, 0.4) is 0 Å². The number of thioether (sulfide) groups is 1. The number of pyridine rings is 1. The maximum Gasteiger partial charge on any atom is 0.416 e. The molecule has 0 aliphatic heterocycles. The van der Waals surface area contributed by atoms with E-state index in [-0.39, 0.29) is 27.9 Å². The summed E-state index contributed by atoms with van der Waals surface area (Å²) >= 11 is 0.128. The topological polar surface area (TPSA) is 42.0 Å². The molecule has 1 N–H and O–H groups in total. The first-order valence-electron chi connectivity index (χ1n) is 7.06. The molecule has 0 bridgehead atoms. The van der Waals surface area contributed by atoms with Crippen molar-refractivity contribution in [3.05, 3.63) is 59.3 Å². The third kappa shape index (κ3) is 5.15. The summed E-state index contributed by atoms with van der Waals surface area (Å²) in [4.78, 5) is 16.0. The predicted octanol–water partition coefficient (Wildman–Crippen LogP) is 4.91. The highest BCUT2D eigenvalue weighted by atomic mass is 32.2. The Morgan fingerprint density at radius 1 is 1.20 bits per heavy atom. The van der Waals surface area contributed by atoms with Crippen molar-refractivity contribution in [3.8, 4) is 0 Å². The Bertz CT molecular complexity index is 751. The van der Waals surface area contributed by atoms with E-state index in [1.807, 2.05) is 0 Å². The highest BCUT2D eigenvalue weighted by Gasteiger charge is 2.30. The van der Waals surface area contributed by atoms with Crippen LogP contribution >= 0.6 is 11.8 Å². The van der Waals surface area contributed by atoms with E-state index in [1.54, 1.807) is 0 Å². The molecule has 0 saturated heterocycles. The lowest BCUT2D eigenvalue weighted by atomic mass is 10.0. The van der Waals surface area contributed by atoms with Crippen molar-refractivity contribution >= 4 is 17.7 Å². The molecule has 1 aromatic heterocycles. The van der Waals surface area contributed by atoms with Gasteiger partial charge in [-0.25, -0.2) is 4.98 Å². The monoisotopic (exact) mass is 376 g/mol. The van der Waals surface area contributed by atoms with Gasteiger partial charge in [0.1, 0.15) is 5.03 Å². The molecule has 0 aliphatic rings. The van der Waals surface area contributed by atoms with E-state index in [4.69, 9.17) is 0 Å². The zero-order valence-corrected chi connectivity index (χ0v) is 13.7. The Hall–Kier alpha value is -2.16. The van der Waals surface area contributed by atoms with Gasteiger partial charge in [0.25, 0.3) is 11.7 Å². The van der Waals surface area contributed by atoms with Crippen LogP contribution in [-0.2, 0) is 6.18 Å². The molecule has 0 fully saturated rings. The molecule has 1 heterocycles. The fourth-order valence-electron chi connectivity index (χ4n) is 2.08. The minimum atomic E-state index is -4.50. The van der Waals surface area contributed by atoms with Gasteiger partial charge in [0.15, 0.2) is 0 Å². The minimum absolute atomic E-state index is 0.0633. The van der Waals surface area contributed by atoms with Crippen LogP contribution < -0.4 is 5.32 Å². The van der Waals surface area contributed by atoms with Gasteiger partial charge < -0.3 is 5.32 Å². The number of carbonyl (C=O) groups is 1. The Morgan fingerprint density at radius 2 is 1.92 bits per heavy atom. The van der Waals surface area contributed by atoms with Crippen LogP contribution in [0.1, 0.15) is 34.5 Å². The van der Waals surface area contributed by atoms with Gasteiger partial charge in [-0.1, -0.05) is 12.1 Å². The summed E-state index contributed by atoms with van der Waals surface area (Å²) in [6.45, 7) is 1.50. The number of aromatic nitrogens is 1. The Labute approximate surface area is 144 Å². The van der Waals surface area contributed by atoms with Crippen molar-refractivity contribution in [1.29, 1.82) is 0 Å². The highest BCUT2D eigenvalue weighted by molar-refractivity contribution is 7.99. The largest absolute Gasteiger partial charge is 0.416 e. The summed E-state index contributed by atoms with van der Waals surface area (Å²) < 4.78 is 63.4. The Morgan fingerprint density at radius 3 is 2.56 bits per heavy atom. The van der Waals surface area contributed by atoms with Gasteiger partial charge in [-0.05, 0) is 48.5 Å². The van der Waals surface area contributed by atoms with Crippen LogP contribution in [-0.4, -0.2) is 16.6 Å². The van der Waals surface area contributed by atoms with E-state index in [9.17, 15) is 26.7 Å². The summed E-state index contributed by atoms with van der Waals surface area (Å²) in [5, 5.41) is 2.35. The second kappa shape index (κ2) is 7.81. The number of benzene rings is 1. The van der Waals surface area contributed by atoms with E-state index in [2.05, 4.69) is 10.3 Å². The molecule has 3 nitrogen and oxygen atoms in total. The van der Waals surface area contributed by atoms with Gasteiger partial charge in [-0.2, -0.15) is 22.0 Å². The summed E-state index contributed by atoms with van der Waals surface area (Å²) in [6, 6.07) is 6.53. The van der Waals surface area contributed by atoms with Crippen LogP contribution in [0.15, 0.2) is 47.6 Å². The number of nitrogens with one attached hydrogen (secondary N) is 1. The number of hydrogen-bond donors (Lipinski definition) is 1. The lowest BCUT2D eigenvalue weighted by molar-refractivity contribution is -0.137. The average Bonchev–Trinajstić information content (AvgIpc) is 2.54. The van der Waals surface area contributed by atoms with E-state index in [0.717, 1.165) is 12.1 Å². The van der Waals surface area contributed by atoms with Gasteiger partial charge in [0, 0.05) is 6.20 Å². The molecule has 0 aliphatic carbocycles. The summed E-state index contributed by atoms with van der Waals surface area (Å²) in [5.41, 5.74) is -0.650. The molecule has 25 heavy (non-hydrogen) atoms. The summed E-state index contributed by atoms with van der Waals surface area (Å²) in [6.07, 6.45) is -3.22. The zero-order valence-electron chi connectivity index (χ0n) is 12.8. The molecule has 2 aromatic rings. The number of hydrogen-bond acceptors (Lipinski definition) is 3. The van der Waals surface area contributed by atoms with Gasteiger partial charge in [0.05, 0.1) is 17.2 Å². The molecule has 2 rings (SSSR count). The van der Waals surface area contributed by atoms with Gasteiger partial charge in [-0.3, -0.25) is 4.79 Å². The molecule has 1 unspecified atom stereocenters. The molecule has 9 heteroatoms. The number of nitrogens with zero attached hydrogens (tertiary/aromatic N) is 1. The third-order valence-electron chi connectivity index (χ3n) is 3.28. The van der Waals surface area contributed by atoms with Crippen molar-refractivity contribution in [2.75, 3.05) is 0 Å². The number of rotatable bonds is 5. The second-order valence-corrected chi connectivity index (χ2v) is 6.03. The summed E-state index contributed by atoms with van der Waals surface area (Å²) in [5.74, 6) is -3.44. The SMILES string of the molecule is CC(NC(=O)c1cccnc1SC(F)F)c1cccc(C(F)(F)F)c1. The fraction of sp³-hybridized carbons (Fsp3) is 0.250. The average molecular weight is 376 g/mol. The lowest BCUT2D eigenvalue weighted by Crippen LogP contribution is -2.27. The van der Waals surface area contributed by atoms with E-state index in [1.165, 1.54) is 37.4 Å². The first-order chi connectivity index (χ1) is 11.7. The van der Waals surface area contributed by atoms with E-state index >= 15 is 0 Å². The molecule has 1 atom stereocenters. The highest BCUT2D eigenvalue weighted by Crippen LogP contribution is 2.31. The normalized spacial score (nSPS) is 12.9. The smallest absolute Gasteiger partial charge is 0.345 e. The maximum absolute atomic E-state index is 12.8. The molecule has 1 aromatic carbocycles. The van der Waals surface area contributed by atoms with Crippen molar-refractivity contribution in [2.45, 2.75) is 29.9 Å². The minimum Gasteiger partial charge on any atom is -0.345 e. The molecular weight excluding hydrogens is 363 g/mol. The number of halogens is 5. The Balaban J connectivity index is 2.19. The molecule has 0 saturated carbocycles. The number of amides is 1.